The van der Waals surface area contributed by atoms with Gasteiger partial charge in [0.05, 0.1) is 7.11 Å². The van der Waals surface area contributed by atoms with Crippen LogP contribution in [0, 0.1) is 0 Å². The third kappa shape index (κ3) is 3.56. The largest absolute Gasteiger partial charge is 0.497 e. The molecule has 0 spiro atoms. The van der Waals surface area contributed by atoms with E-state index in [0.29, 0.717) is 11.3 Å². The Hall–Kier alpha value is -0.970. The van der Waals surface area contributed by atoms with E-state index in [-0.39, 0.29) is 0 Å². The Morgan fingerprint density at radius 3 is 2.38 bits per heavy atom. The molecule has 2 N–H and O–H groups in total. The Morgan fingerprint density at radius 1 is 1.38 bits per heavy atom. The third-order valence-corrected chi connectivity index (χ3v) is 2.35. The second kappa shape index (κ2) is 5.94. The molecule has 1 unspecified atom stereocenters. The number of hydrogen-bond donors (Lipinski definition) is 2. The monoisotopic (exact) mass is 263 g/mol. The number of carbonyl (C=O) groups is 1. The van der Waals surface area contributed by atoms with Crippen LogP contribution in [0.4, 0.5) is 0 Å². The Labute approximate surface area is 103 Å². The fourth-order valence-corrected chi connectivity index (χ4v) is 1.15. The molecule has 0 radical (unpaired) electrons. The molecule has 0 heterocycles. The fraction of sp³-hybridized carbons (Fsp3) is 0.300. The zero-order chi connectivity index (χ0) is 12.1. The van der Waals surface area contributed by atoms with Crippen molar-refractivity contribution in [3.63, 3.8) is 0 Å². The predicted octanol–water partition coefficient (Wildman–Crippen LogP) is 1.55. The number of hydrogen-bond acceptors (Lipinski definition) is 3. The second-order valence-corrected chi connectivity index (χ2v) is 4.15. The molecule has 1 aromatic rings. The first-order valence-corrected chi connectivity index (χ1v) is 5.33. The van der Waals surface area contributed by atoms with Gasteiger partial charge < -0.3 is 15.2 Å². The highest BCUT2D eigenvalue weighted by Crippen LogP contribution is 2.12. The summed E-state index contributed by atoms with van der Waals surface area (Å²) in [4.78, 5) is 10.5. The molecule has 1 rings (SSSR count). The normalized spacial score (nSPS) is 12.3. The minimum atomic E-state index is -1.29. The fourth-order valence-electron chi connectivity index (χ4n) is 1.02. The maximum atomic E-state index is 11.5. The lowest BCUT2D eigenvalue weighted by atomic mass is 10.2. The van der Waals surface area contributed by atoms with Crippen LogP contribution in [-0.2, 0) is 0 Å². The van der Waals surface area contributed by atoms with Gasteiger partial charge in [0.2, 0.25) is 0 Å². The predicted molar refractivity (Wildman–Crippen MR) is 62.0 cm³/mol. The number of halogens is 2. The van der Waals surface area contributed by atoms with Crippen LogP contribution in [0.2, 0.25) is 0 Å². The van der Waals surface area contributed by atoms with Gasteiger partial charge in [-0.05, 0) is 24.3 Å². The topological polar surface area (TPSA) is 58.6 Å². The average molecular weight is 264 g/mol. The van der Waals surface area contributed by atoms with Crippen molar-refractivity contribution < 1.29 is 14.6 Å². The van der Waals surface area contributed by atoms with Gasteiger partial charge in [0.15, 0.2) is 11.1 Å². The van der Waals surface area contributed by atoms with Gasteiger partial charge >= 0.3 is 0 Å². The molecule has 1 amide bonds. The molecule has 1 atom stereocenters. The van der Waals surface area contributed by atoms with Crippen LogP contribution < -0.4 is 10.1 Å². The Balaban J connectivity index is 2.66. The minimum Gasteiger partial charge on any atom is -0.497 e. The molecule has 16 heavy (non-hydrogen) atoms. The molecule has 1 aromatic carbocycles. The number of ether oxygens (including phenoxy) is 1. The lowest BCUT2D eigenvalue weighted by Crippen LogP contribution is -2.38. The first-order chi connectivity index (χ1) is 7.54. The van der Waals surface area contributed by atoms with Crippen molar-refractivity contribution in [3.05, 3.63) is 29.8 Å². The number of nitrogens with one attached hydrogen (secondary N) is 1. The number of alkyl halides is 2. The zero-order valence-electron chi connectivity index (χ0n) is 8.48. The van der Waals surface area contributed by atoms with Crippen molar-refractivity contribution >= 4 is 29.1 Å². The summed E-state index contributed by atoms with van der Waals surface area (Å²) in [6.07, 6.45) is -1.29. The van der Waals surface area contributed by atoms with Gasteiger partial charge in [-0.3, -0.25) is 4.79 Å². The van der Waals surface area contributed by atoms with Crippen LogP contribution >= 0.6 is 23.2 Å². The maximum absolute atomic E-state index is 11.5. The molecule has 0 fully saturated rings. The molecule has 4 nitrogen and oxygen atoms in total. The van der Waals surface area contributed by atoms with Crippen molar-refractivity contribution in [2.24, 2.45) is 0 Å². The number of aliphatic hydroxyl groups excluding tert-OH is 1. The molecule has 0 aliphatic rings. The molecular weight excluding hydrogens is 253 g/mol. The van der Waals surface area contributed by atoms with Crippen LogP contribution in [0.1, 0.15) is 10.4 Å². The van der Waals surface area contributed by atoms with Crippen LogP contribution in [0.5, 0.6) is 5.75 Å². The summed E-state index contributed by atoms with van der Waals surface area (Å²) in [6.45, 7) is 0. The number of benzene rings is 1. The number of methoxy groups -OCH3 is 1. The third-order valence-electron chi connectivity index (χ3n) is 1.87. The summed E-state index contributed by atoms with van der Waals surface area (Å²) < 4.78 is 4.94. The summed E-state index contributed by atoms with van der Waals surface area (Å²) in [5, 5.41) is 11.5. The summed E-state index contributed by atoms with van der Waals surface area (Å²) in [5.41, 5.74) is 0.383. The van der Waals surface area contributed by atoms with Gasteiger partial charge in [0.1, 0.15) is 5.75 Å². The minimum absolute atomic E-state index is 0.383. The average Bonchev–Trinajstić information content (AvgIpc) is 2.28. The summed E-state index contributed by atoms with van der Waals surface area (Å²) in [7, 11) is 1.53. The van der Waals surface area contributed by atoms with Crippen molar-refractivity contribution in [3.8, 4) is 5.75 Å². The molecule has 0 aromatic heterocycles. The molecule has 0 bridgehead atoms. The Morgan fingerprint density at radius 2 is 1.94 bits per heavy atom. The number of aliphatic hydroxyl groups is 1. The smallest absolute Gasteiger partial charge is 0.253 e. The standard InChI is InChI=1S/C10H11Cl2NO3/c1-16-7-4-2-6(3-5-7)9(14)13-10(15)8(11)12/h2-5,8,10,15H,1H3,(H,13,14). The summed E-state index contributed by atoms with van der Waals surface area (Å²) >= 11 is 10.8. The molecule has 0 saturated heterocycles. The van der Waals surface area contributed by atoms with Gasteiger partial charge in [-0.2, -0.15) is 0 Å². The molecular formula is C10H11Cl2NO3. The SMILES string of the molecule is COc1ccc(C(=O)NC(O)C(Cl)Cl)cc1. The van der Waals surface area contributed by atoms with Crippen LogP contribution in [-0.4, -0.2) is 29.2 Å². The van der Waals surface area contributed by atoms with E-state index in [2.05, 4.69) is 5.32 Å². The van der Waals surface area contributed by atoms with E-state index < -0.39 is 17.0 Å². The first kappa shape index (κ1) is 13.1. The van der Waals surface area contributed by atoms with E-state index in [1.54, 1.807) is 24.3 Å². The summed E-state index contributed by atoms with van der Waals surface area (Å²) in [6, 6.07) is 6.41. The highest BCUT2D eigenvalue weighted by molar-refractivity contribution is 6.44. The van der Waals surface area contributed by atoms with Crippen molar-refractivity contribution in [2.45, 2.75) is 11.1 Å². The zero-order valence-corrected chi connectivity index (χ0v) is 10.00. The van der Waals surface area contributed by atoms with Gasteiger partial charge in [-0.25, -0.2) is 0 Å². The van der Waals surface area contributed by atoms with Crippen LogP contribution in [0.15, 0.2) is 24.3 Å². The van der Waals surface area contributed by atoms with Gasteiger partial charge in [-0.1, -0.05) is 0 Å². The lowest BCUT2D eigenvalue weighted by molar-refractivity contribution is 0.0809. The maximum Gasteiger partial charge on any atom is 0.253 e. The molecule has 0 aliphatic carbocycles. The van der Waals surface area contributed by atoms with Gasteiger partial charge in [0, 0.05) is 5.56 Å². The van der Waals surface area contributed by atoms with E-state index in [1.807, 2.05) is 0 Å². The van der Waals surface area contributed by atoms with E-state index in [0.717, 1.165) is 0 Å². The van der Waals surface area contributed by atoms with E-state index >= 15 is 0 Å². The Kier molecular flexibility index (Phi) is 4.86. The van der Waals surface area contributed by atoms with Crippen molar-refractivity contribution in [1.29, 1.82) is 0 Å². The molecule has 6 heteroatoms. The number of carbonyl (C=O) groups excluding carboxylic acids is 1. The van der Waals surface area contributed by atoms with Crippen molar-refractivity contribution in [1.82, 2.24) is 5.32 Å². The molecule has 0 aliphatic heterocycles. The number of rotatable bonds is 4. The first-order valence-electron chi connectivity index (χ1n) is 4.45. The van der Waals surface area contributed by atoms with E-state index in [1.165, 1.54) is 7.11 Å². The van der Waals surface area contributed by atoms with E-state index in [9.17, 15) is 9.90 Å². The van der Waals surface area contributed by atoms with Crippen LogP contribution in [0.25, 0.3) is 0 Å². The highest BCUT2D eigenvalue weighted by Gasteiger charge is 2.16. The number of amides is 1. The van der Waals surface area contributed by atoms with Gasteiger partial charge in [-0.15, -0.1) is 23.2 Å². The molecule has 0 saturated carbocycles. The van der Waals surface area contributed by atoms with Gasteiger partial charge in [0.25, 0.3) is 5.91 Å². The highest BCUT2D eigenvalue weighted by atomic mass is 35.5. The Bertz CT molecular complexity index is 354. The second-order valence-electron chi connectivity index (χ2n) is 2.98. The quantitative estimate of drug-likeness (QED) is 0.640. The summed E-state index contributed by atoms with van der Waals surface area (Å²) in [5.74, 6) is 0.186. The van der Waals surface area contributed by atoms with E-state index in [4.69, 9.17) is 27.9 Å². The molecule has 88 valence electrons. The van der Waals surface area contributed by atoms with Crippen molar-refractivity contribution in [2.75, 3.05) is 7.11 Å². The lowest BCUT2D eigenvalue weighted by Gasteiger charge is -2.13. The van der Waals surface area contributed by atoms with Crippen LogP contribution in [0.3, 0.4) is 0 Å².